The average Bonchev–Trinajstić information content (AvgIpc) is 2.92. The average molecular weight is 310 g/mol. The summed E-state index contributed by atoms with van der Waals surface area (Å²) in [7, 11) is 0. The molecule has 3 rings (SSSR count). The van der Waals surface area contributed by atoms with E-state index < -0.39 is 5.97 Å². The molecular formula is C14H16BrNO2. The Hall–Kier alpha value is -0.870. The van der Waals surface area contributed by atoms with Crippen LogP contribution in [0.25, 0.3) is 0 Å². The van der Waals surface area contributed by atoms with E-state index in [1.165, 1.54) is 11.1 Å². The smallest absolute Gasteiger partial charge is 0.307 e. The normalized spacial score (nSPS) is 27.4. The van der Waals surface area contributed by atoms with Gasteiger partial charge in [0, 0.05) is 17.1 Å². The zero-order chi connectivity index (χ0) is 12.7. The number of hydrogen-bond acceptors (Lipinski definition) is 2. The lowest BCUT2D eigenvalue weighted by Gasteiger charge is -2.24. The molecule has 4 heteroatoms. The third-order valence-corrected chi connectivity index (χ3v) is 4.65. The van der Waals surface area contributed by atoms with Gasteiger partial charge in [-0.25, -0.2) is 0 Å². The van der Waals surface area contributed by atoms with Gasteiger partial charge in [0.2, 0.25) is 0 Å². The Labute approximate surface area is 115 Å². The minimum atomic E-state index is -0.647. The number of carboxylic acid groups (broad SMARTS) is 1. The van der Waals surface area contributed by atoms with Crippen molar-refractivity contribution in [3.8, 4) is 0 Å². The largest absolute Gasteiger partial charge is 0.481 e. The van der Waals surface area contributed by atoms with Crippen LogP contribution in [0.2, 0.25) is 0 Å². The number of benzene rings is 1. The van der Waals surface area contributed by atoms with Gasteiger partial charge in [-0.3, -0.25) is 9.69 Å². The minimum Gasteiger partial charge on any atom is -0.481 e. The topological polar surface area (TPSA) is 40.5 Å². The Morgan fingerprint density at radius 3 is 2.94 bits per heavy atom. The van der Waals surface area contributed by atoms with Crippen LogP contribution in [0.15, 0.2) is 22.7 Å². The molecule has 1 fully saturated rings. The maximum atomic E-state index is 11.0. The van der Waals surface area contributed by atoms with Crippen LogP contribution in [0.5, 0.6) is 0 Å². The van der Waals surface area contributed by atoms with E-state index in [0.717, 1.165) is 30.3 Å². The number of likely N-dealkylation sites (tertiary alicyclic amines) is 1. The molecule has 0 spiro atoms. The van der Waals surface area contributed by atoms with Gasteiger partial charge < -0.3 is 5.11 Å². The van der Waals surface area contributed by atoms with Crippen LogP contribution in [0.3, 0.4) is 0 Å². The van der Waals surface area contributed by atoms with Crippen molar-refractivity contribution in [2.45, 2.75) is 25.3 Å². The molecule has 1 aromatic carbocycles. The van der Waals surface area contributed by atoms with Crippen molar-refractivity contribution in [1.29, 1.82) is 0 Å². The van der Waals surface area contributed by atoms with Crippen molar-refractivity contribution in [1.82, 2.24) is 4.90 Å². The van der Waals surface area contributed by atoms with E-state index >= 15 is 0 Å². The predicted molar refractivity (Wildman–Crippen MR) is 72.5 cm³/mol. The molecule has 2 atom stereocenters. The number of carbonyl (C=O) groups is 1. The zero-order valence-corrected chi connectivity index (χ0v) is 11.7. The number of aliphatic carboxylic acids is 1. The van der Waals surface area contributed by atoms with E-state index in [1.807, 2.05) is 0 Å². The summed E-state index contributed by atoms with van der Waals surface area (Å²) in [6, 6.07) is 6.89. The highest BCUT2D eigenvalue weighted by Crippen LogP contribution is 2.39. The summed E-state index contributed by atoms with van der Waals surface area (Å²) in [5.74, 6) is -0.823. The third-order valence-electron chi connectivity index (χ3n) is 4.16. The van der Waals surface area contributed by atoms with E-state index in [2.05, 4.69) is 39.0 Å². The molecular weight excluding hydrogens is 294 g/mol. The lowest BCUT2D eigenvalue weighted by atomic mass is 10.1. The van der Waals surface area contributed by atoms with E-state index in [4.69, 9.17) is 5.11 Å². The Bertz CT molecular complexity index is 489. The fourth-order valence-corrected chi connectivity index (χ4v) is 3.62. The summed E-state index contributed by atoms with van der Waals surface area (Å²) >= 11 is 3.51. The van der Waals surface area contributed by atoms with Crippen molar-refractivity contribution in [2.24, 2.45) is 5.92 Å². The van der Waals surface area contributed by atoms with Crippen LogP contribution >= 0.6 is 15.9 Å². The van der Waals surface area contributed by atoms with Gasteiger partial charge in [0.05, 0.1) is 5.92 Å². The summed E-state index contributed by atoms with van der Waals surface area (Å²) in [6.45, 7) is 1.62. The van der Waals surface area contributed by atoms with Crippen LogP contribution in [0, 0.1) is 5.92 Å². The molecule has 1 heterocycles. The lowest BCUT2D eigenvalue weighted by molar-refractivity contribution is -0.141. The number of hydrogen-bond donors (Lipinski definition) is 1. The molecule has 1 aromatic rings. The van der Waals surface area contributed by atoms with Crippen LogP contribution < -0.4 is 0 Å². The second kappa shape index (κ2) is 4.67. The number of halogens is 1. The summed E-state index contributed by atoms with van der Waals surface area (Å²) in [5.41, 5.74) is 2.80. The first-order valence-electron chi connectivity index (χ1n) is 6.40. The second-order valence-electron chi connectivity index (χ2n) is 5.22. The monoisotopic (exact) mass is 309 g/mol. The first-order chi connectivity index (χ1) is 8.65. The van der Waals surface area contributed by atoms with Gasteiger partial charge in [-0.2, -0.15) is 0 Å². The number of nitrogens with zero attached hydrogens (tertiary/aromatic N) is 1. The Kier molecular flexibility index (Phi) is 3.16. The molecule has 0 bridgehead atoms. The van der Waals surface area contributed by atoms with Crippen LogP contribution in [0.4, 0.5) is 0 Å². The SMILES string of the molecule is O=C(O)[C@H]1CCN(C2CCc3cc(Br)ccc32)C1. The van der Waals surface area contributed by atoms with E-state index in [9.17, 15) is 4.79 Å². The summed E-state index contributed by atoms with van der Waals surface area (Å²) < 4.78 is 1.13. The highest BCUT2D eigenvalue weighted by atomic mass is 79.9. The summed E-state index contributed by atoms with van der Waals surface area (Å²) in [4.78, 5) is 13.4. The van der Waals surface area contributed by atoms with Crippen LogP contribution in [0.1, 0.15) is 30.0 Å². The van der Waals surface area contributed by atoms with Gasteiger partial charge in [0.1, 0.15) is 0 Å². The highest BCUT2D eigenvalue weighted by Gasteiger charge is 2.35. The molecule has 18 heavy (non-hydrogen) atoms. The van der Waals surface area contributed by atoms with Crippen molar-refractivity contribution in [3.05, 3.63) is 33.8 Å². The van der Waals surface area contributed by atoms with Crippen molar-refractivity contribution in [3.63, 3.8) is 0 Å². The van der Waals surface area contributed by atoms with Gasteiger partial charge in [-0.05, 0) is 49.1 Å². The standard InChI is InChI=1S/C14H16BrNO2/c15-11-2-3-12-9(7-11)1-4-13(12)16-6-5-10(8-16)14(17)18/h2-3,7,10,13H,1,4-6,8H2,(H,17,18)/t10-,13?/m0/s1. The van der Waals surface area contributed by atoms with E-state index in [0.29, 0.717) is 12.6 Å². The first-order valence-corrected chi connectivity index (χ1v) is 7.19. The first kappa shape index (κ1) is 12.2. The van der Waals surface area contributed by atoms with Crippen molar-refractivity contribution < 1.29 is 9.90 Å². The Balaban J connectivity index is 1.79. The fourth-order valence-electron chi connectivity index (χ4n) is 3.21. The summed E-state index contributed by atoms with van der Waals surface area (Å²) in [5, 5.41) is 9.07. The molecule has 1 aliphatic heterocycles. The second-order valence-corrected chi connectivity index (χ2v) is 6.13. The number of rotatable bonds is 2. The molecule has 0 aromatic heterocycles. The number of carboxylic acids is 1. The molecule has 1 unspecified atom stereocenters. The summed E-state index contributed by atoms with van der Waals surface area (Å²) in [6.07, 6.45) is 3.02. The molecule has 1 aliphatic carbocycles. The molecule has 3 nitrogen and oxygen atoms in total. The third kappa shape index (κ3) is 2.08. The van der Waals surface area contributed by atoms with E-state index in [1.54, 1.807) is 0 Å². The fraction of sp³-hybridized carbons (Fsp3) is 0.500. The van der Waals surface area contributed by atoms with Crippen LogP contribution in [-0.2, 0) is 11.2 Å². The maximum absolute atomic E-state index is 11.0. The van der Waals surface area contributed by atoms with Gasteiger partial charge in [0.25, 0.3) is 0 Å². The molecule has 0 radical (unpaired) electrons. The molecule has 1 saturated heterocycles. The molecule has 0 saturated carbocycles. The maximum Gasteiger partial charge on any atom is 0.307 e. The number of aryl methyl sites for hydroxylation is 1. The molecule has 2 aliphatic rings. The zero-order valence-electron chi connectivity index (χ0n) is 10.1. The van der Waals surface area contributed by atoms with Crippen molar-refractivity contribution in [2.75, 3.05) is 13.1 Å². The van der Waals surface area contributed by atoms with Crippen molar-refractivity contribution >= 4 is 21.9 Å². The highest BCUT2D eigenvalue weighted by molar-refractivity contribution is 9.10. The Morgan fingerprint density at radius 2 is 2.22 bits per heavy atom. The quantitative estimate of drug-likeness (QED) is 0.913. The minimum absolute atomic E-state index is 0.176. The van der Waals surface area contributed by atoms with Gasteiger partial charge in [-0.1, -0.05) is 22.0 Å². The Morgan fingerprint density at radius 1 is 1.39 bits per heavy atom. The molecule has 0 amide bonds. The predicted octanol–water partition coefficient (Wildman–Crippen LogP) is 2.84. The van der Waals surface area contributed by atoms with Gasteiger partial charge in [-0.15, -0.1) is 0 Å². The van der Waals surface area contributed by atoms with Crippen LogP contribution in [-0.4, -0.2) is 29.1 Å². The number of fused-ring (bicyclic) bond motifs is 1. The molecule has 1 N–H and O–H groups in total. The van der Waals surface area contributed by atoms with E-state index in [-0.39, 0.29) is 5.92 Å². The molecule has 96 valence electrons. The van der Waals surface area contributed by atoms with Gasteiger partial charge >= 0.3 is 5.97 Å². The van der Waals surface area contributed by atoms with Gasteiger partial charge in [0.15, 0.2) is 0 Å². The lowest BCUT2D eigenvalue weighted by Crippen LogP contribution is -2.26.